The highest BCUT2D eigenvalue weighted by atomic mass is 32.2. The van der Waals surface area contributed by atoms with Crippen molar-refractivity contribution >= 4 is 23.4 Å². The molecule has 0 radical (unpaired) electrons. The lowest BCUT2D eigenvalue weighted by molar-refractivity contribution is -0.139. The van der Waals surface area contributed by atoms with E-state index in [0.29, 0.717) is 33.8 Å². The molecule has 32 heavy (non-hydrogen) atoms. The molecule has 2 aromatic carbocycles. The number of aliphatic carboxylic acids is 1. The van der Waals surface area contributed by atoms with Gasteiger partial charge in [0.1, 0.15) is 0 Å². The Kier molecular flexibility index (Phi) is 6.41. The van der Waals surface area contributed by atoms with Gasteiger partial charge in [0.2, 0.25) is 17.3 Å². The fourth-order valence-electron chi connectivity index (χ4n) is 3.17. The molecule has 0 unspecified atom stereocenters. The molecule has 0 bridgehead atoms. The molecule has 0 spiro atoms. The predicted octanol–water partition coefficient (Wildman–Crippen LogP) is 3.79. The molecule has 1 aliphatic heterocycles. The van der Waals surface area contributed by atoms with Gasteiger partial charge in [0.15, 0.2) is 23.8 Å². The maximum Gasteiger partial charge on any atom is 0.341 e. The Morgan fingerprint density at radius 2 is 2.12 bits per heavy atom. The summed E-state index contributed by atoms with van der Waals surface area (Å²) in [5.74, 6) is 0.463. The fourth-order valence-corrected chi connectivity index (χ4v) is 3.68. The van der Waals surface area contributed by atoms with Crippen LogP contribution in [0.15, 0.2) is 60.3 Å². The molecule has 0 aliphatic carbocycles. The van der Waals surface area contributed by atoms with Gasteiger partial charge in [-0.2, -0.15) is 4.98 Å². The summed E-state index contributed by atoms with van der Waals surface area (Å²) < 4.78 is 17.2. The molecule has 0 fully saturated rings. The molecule has 0 saturated carbocycles. The Morgan fingerprint density at radius 3 is 2.91 bits per heavy atom. The molecule has 2 heterocycles. The van der Waals surface area contributed by atoms with Crippen molar-refractivity contribution in [1.29, 1.82) is 0 Å². The third-order valence-electron chi connectivity index (χ3n) is 4.52. The first-order chi connectivity index (χ1) is 15.6. The highest BCUT2D eigenvalue weighted by molar-refractivity contribution is 7.99. The summed E-state index contributed by atoms with van der Waals surface area (Å²) in [5, 5.41) is 21.4. The first-order valence-electron chi connectivity index (χ1n) is 9.63. The number of ether oxygens (including phenoxy) is 3. The average Bonchev–Trinajstić information content (AvgIpc) is 2.97. The molecule has 2 N–H and O–H groups in total. The van der Waals surface area contributed by atoms with Crippen molar-refractivity contribution in [3.63, 3.8) is 0 Å². The molecular weight excluding hydrogens is 432 g/mol. The molecule has 3 aromatic rings. The maximum atomic E-state index is 11.1. The van der Waals surface area contributed by atoms with Crippen molar-refractivity contribution in [2.24, 2.45) is 0 Å². The Morgan fingerprint density at radius 1 is 1.28 bits per heavy atom. The molecule has 1 aliphatic rings. The van der Waals surface area contributed by atoms with E-state index in [0.717, 1.165) is 11.3 Å². The van der Waals surface area contributed by atoms with Crippen LogP contribution in [0.5, 0.6) is 17.4 Å². The van der Waals surface area contributed by atoms with Gasteiger partial charge in [0, 0.05) is 17.0 Å². The lowest BCUT2D eigenvalue weighted by Gasteiger charge is -2.22. The molecular formula is C22H20N4O5S. The number of methoxy groups -OCH3 is 1. The van der Waals surface area contributed by atoms with Crippen LogP contribution in [0.4, 0.5) is 5.69 Å². The minimum atomic E-state index is -1.10. The normalized spacial score (nSPS) is 14.1. The minimum absolute atomic E-state index is 0.263. The number of nitrogens with one attached hydrogen (secondary N) is 1. The van der Waals surface area contributed by atoms with Gasteiger partial charge in [0.25, 0.3) is 0 Å². The molecule has 9 nitrogen and oxygen atoms in total. The monoisotopic (exact) mass is 452 g/mol. The zero-order valence-corrected chi connectivity index (χ0v) is 18.0. The van der Waals surface area contributed by atoms with Crippen LogP contribution >= 0.6 is 11.8 Å². The molecule has 1 atom stereocenters. The van der Waals surface area contributed by atoms with E-state index in [9.17, 15) is 4.79 Å². The molecule has 0 saturated heterocycles. The van der Waals surface area contributed by atoms with E-state index in [1.807, 2.05) is 24.3 Å². The number of fused-ring (bicyclic) bond motifs is 3. The summed E-state index contributed by atoms with van der Waals surface area (Å²) in [4.78, 5) is 15.7. The summed E-state index contributed by atoms with van der Waals surface area (Å²) in [6.07, 6.45) is 0.993. The van der Waals surface area contributed by atoms with Crippen molar-refractivity contribution in [3.05, 3.63) is 60.7 Å². The van der Waals surface area contributed by atoms with Crippen LogP contribution in [0.25, 0.3) is 11.3 Å². The zero-order chi connectivity index (χ0) is 22.5. The molecule has 1 aromatic heterocycles. The third-order valence-corrected chi connectivity index (χ3v) is 5.35. The maximum absolute atomic E-state index is 11.1. The number of nitrogens with zero attached hydrogens (tertiary/aromatic N) is 3. The number of carboxylic acid groups (broad SMARTS) is 1. The number of rotatable bonds is 8. The molecule has 4 rings (SSSR count). The van der Waals surface area contributed by atoms with E-state index in [1.54, 1.807) is 24.3 Å². The Balaban J connectivity index is 1.81. The van der Waals surface area contributed by atoms with Crippen LogP contribution in [0.1, 0.15) is 11.8 Å². The number of anilines is 1. The third kappa shape index (κ3) is 4.45. The van der Waals surface area contributed by atoms with E-state index in [4.69, 9.17) is 19.3 Å². The number of aromatic nitrogens is 3. The van der Waals surface area contributed by atoms with Gasteiger partial charge in [-0.25, -0.2) is 4.79 Å². The van der Waals surface area contributed by atoms with E-state index < -0.39 is 18.8 Å². The van der Waals surface area contributed by atoms with Crippen LogP contribution in [-0.4, -0.2) is 45.7 Å². The summed E-state index contributed by atoms with van der Waals surface area (Å²) >= 11 is 1.39. The second-order valence-electron chi connectivity index (χ2n) is 6.60. The van der Waals surface area contributed by atoms with E-state index >= 15 is 0 Å². The largest absolute Gasteiger partial charge is 0.493 e. The molecule has 10 heteroatoms. The number of thioether (sulfide) groups is 1. The number of hydrogen-bond acceptors (Lipinski definition) is 9. The van der Waals surface area contributed by atoms with Gasteiger partial charge in [-0.3, -0.25) is 0 Å². The Hall–Kier alpha value is -3.79. The van der Waals surface area contributed by atoms with Crippen molar-refractivity contribution in [3.8, 4) is 28.6 Å². The smallest absolute Gasteiger partial charge is 0.341 e. The van der Waals surface area contributed by atoms with Gasteiger partial charge < -0.3 is 24.6 Å². The minimum Gasteiger partial charge on any atom is -0.493 e. The fraction of sp³-hybridized carbons (Fsp3) is 0.182. The standard InChI is InChI=1S/C22H20N4O5S/c1-3-11-32-22-24-21-18(25-26-22)13-7-4-5-9-15(13)23-20(31-21)14-8-6-10-16(29-2)19(14)30-12-17(27)28/h3-10,20,23H,1,11-12H2,2H3,(H,27,28)/t20-/m0/s1. The average molecular weight is 452 g/mol. The first-order valence-corrected chi connectivity index (χ1v) is 10.6. The van der Waals surface area contributed by atoms with E-state index in [-0.39, 0.29) is 5.75 Å². The van der Waals surface area contributed by atoms with Crippen LogP contribution in [-0.2, 0) is 4.79 Å². The topological polar surface area (TPSA) is 116 Å². The van der Waals surface area contributed by atoms with Crippen LogP contribution < -0.4 is 19.5 Å². The molecule has 164 valence electrons. The van der Waals surface area contributed by atoms with Gasteiger partial charge in [-0.05, 0) is 18.2 Å². The van der Waals surface area contributed by atoms with Crippen molar-refractivity contribution in [1.82, 2.24) is 15.2 Å². The van der Waals surface area contributed by atoms with Gasteiger partial charge in [0.05, 0.1) is 12.7 Å². The summed E-state index contributed by atoms with van der Waals surface area (Å²) in [5.41, 5.74) is 2.58. The number of para-hydroxylation sites is 2. The van der Waals surface area contributed by atoms with Crippen molar-refractivity contribution in [2.45, 2.75) is 11.4 Å². The predicted molar refractivity (Wildman–Crippen MR) is 119 cm³/mol. The highest BCUT2D eigenvalue weighted by Crippen LogP contribution is 2.43. The molecule has 0 amide bonds. The lowest BCUT2D eigenvalue weighted by atomic mass is 10.1. The van der Waals surface area contributed by atoms with Crippen LogP contribution in [0.3, 0.4) is 0 Å². The van der Waals surface area contributed by atoms with Crippen molar-refractivity contribution in [2.75, 3.05) is 24.8 Å². The second kappa shape index (κ2) is 9.56. The van der Waals surface area contributed by atoms with Gasteiger partial charge >= 0.3 is 5.97 Å². The van der Waals surface area contributed by atoms with Crippen molar-refractivity contribution < 1.29 is 24.1 Å². The number of carboxylic acids is 1. The summed E-state index contributed by atoms with van der Waals surface area (Å²) in [6, 6.07) is 12.8. The lowest BCUT2D eigenvalue weighted by Crippen LogP contribution is -2.20. The van der Waals surface area contributed by atoms with E-state index in [2.05, 4.69) is 27.1 Å². The van der Waals surface area contributed by atoms with Gasteiger partial charge in [-0.1, -0.05) is 42.1 Å². The van der Waals surface area contributed by atoms with E-state index in [1.165, 1.54) is 18.9 Å². The Bertz CT molecular complexity index is 1160. The van der Waals surface area contributed by atoms with Gasteiger partial charge in [-0.15, -0.1) is 16.8 Å². The zero-order valence-electron chi connectivity index (χ0n) is 17.1. The Labute approximate surface area is 188 Å². The van der Waals surface area contributed by atoms with Crippen LogP contribution in [0.2, 0.25) is 0 Å². The van der Waals surface area contributed by atoms with Crippen LogP contribution in [0, 0.1) is 0 Å². The summed E-state index contributed by atoms with van der Waals surface area (Å²) in [6.45, 7) is 3.18. The SMILES string of the molecule is C=CCSc1nnc2c(n1)O[C@@H](c1cccc(OC)c1OCC(=O)O)Nc1ccccc1-2. The number of carbonyl (C=O) groups is 1. The first kappa shape index (κ1) is 21.4. The quantitative estimate of drug-likeness (QED) is 0.386. The number of hydrogen-bond donors (Lipinski definition) is 2. The summed E-state index contributed by atoms with van der Waals surface area (Å²) in [7, 11) is 1.49. The number of benzene rings is 2. The second-order valence-corrected chi connectivity index (χ2v) is 7.58. The highest BCUT2D eigenvalue weighted by Gasteiger charge is 2.29.